The van der Waals surface area contributed by atoms with Crippen molar-refractivity contribution in [2.45, 2.75) is 50.0 Å². The summed E-state index contributed by atoms with van der Waals surface area (Å²) in [5.74, 6) is 0.0941. The molecular formula is C22H29NO9. The Morgan fingerprint density at radius 3 is 2.69 bits per heavy atom. The zero-order valence-corrected chi connectivity index (χ0v) is 17.6. The van der Waals surface area contributed by atoms with Crippen LogP contribution in [0.25, 0.3) is 10.9 Å². The topological polar surface area (TPSA) is 148 Å². The second kappa shape index (κ2) is 12.0. The molecule has 32 heavy (non-hydrogen) atoms. The number of nitrogens with zero attached hydrogens (tertiary/aromatic N) is 1. The van der Waals surface area contributed by atoms with Gasteiger partial charge < -0.3 is 39.4 Å². The number of hydrogen-bond acceptors (Lipinski definition) is 10. The maximum absolute atomic E-state index is 11.8. The summed E-state index contributed by atoms with van der Waals surface area (Å²) < 4.78 is 20.9. The Morgan fingerprint density at radius 1 is 1.06 bits per heavy atom. The van der Waals surface area contributed by atoms with Crippen LogP contribution in [0.1, 0.15) is 19.3 Å². The van der Waals surface area contributed by atoms with Gasteiger partial charge in [-0.3, -0.25) is 4.98 Å². The highest BCUT2D eigenvalue weighted by Crippen LogP contribution is 2.22. The standard InChI is InChI=1S/C22H29NO9/c24-12-17-19(26)21(20(27)22(28)32-17)31-13-18(25)30-10-3-1-2-9-29-15-7-6-14-5-4-8-23-16(14)11-15/h4-8,11,17,19-22,24,26-28H,1-3,9-10,12-13H2/t17-,19-,20-,21+,22?/m1/s1. The van der Waals surface area contributed by atoms with Crippen LogP contribution in [0, 0.1) is 0 Å². The molecule has 10 heteroatoms. The summed E-state index contributed by atoms with van der Waals surface area (Å²) in [5, 5.41) is 39.6. The summed E-state index contributed by atoms with van der Waals surface area (Å²) in [6.45, 7) is -0.356. The van der Waals surface area contributed by atoms with Crippen LogP contribution in [0.2, 0.25) is 0 Å². The second-order valence-electron chi connectivity index (χ2n) is 7.49. The molecule has 1 aromatic heterocycles. The van der Waals surface area contributed by atoms with E-state index in [9.17, 15) is 20.1 Å². The van der Waals surface area contributed by atoms with Crippen molar-refractivity contribution in [1.82, 2.24) is 4.98 Å². The molecule has 4 N–H and O–H groups in total. The van der Waals surface area contributed by atoms with Gasteiger partial charge in [0.2, 0.25) is 0 Å². The molecule has 1 aliphatic heterocycles. The monoisotopic (exact) mass is 451 g/mol. The molecular weight excluding hydrogens is 422 g/mol. The summed E-state index contributed by atoms with van der Waals surface area (Å²) in [7, 11) is 0. The number of carbonyl (C=O) groups is 1. The Balaban J connectivity index is 1.27. The summed E-state index contributed by atoms with van der Waals surface area (Å²) >= 11 is 0. The first-order valence-electron chi connectivity index (χ1n) is 10.5. The molecule has 1 aromatic carbocycles. The van der Waals surface area contributed by atoms with E-state index in [0.717, 1.165) is 29.5 Å². The predicted octanol–water partition coefficient (Wildman–Crippen LogP) is 0.144. The van der Waals surface area contributed by atoms with Gasteiger partial charge in [0.05, 0.1) is 25.3 Å². The largest absolute Gasteiger partial charge is 0.494 e. The van der Waals surface area contributed by atoms with E-state index in [4.69, 9.17) is 24.1 Å². The van der Waals surface area contributed by atoms with Gasteiger partial charge in [-0.2, -0.15) is 0 Å². The molecule has 1 fully saturated rings. The molecule has 0 saturated carbocycles. The van der Waals surface area contributed by atoms with E-state index in [-0.39, 0.29) is 6.61 Å². The number of carbonyl (C=O) groups excluding carboxylic acids is 1. The Kier molecular flexibility index (Phi) is 9.15. The Labute approximate surface area is 185 Å². The molecule has 5 atom stereocenters. The second-order valence-corrected chi connectivity index (χ2v) is 7.49. The number of aliphatic hydroxyl groups excluding tert-OH is 4. The maximum Gasteiger partial charge on any atom is 0.332 e. The number of rotatable bonds is 11. The molecule has 0 amide bonds. The molecule has 0 bridgehead atoms. The van der Waals surface area contributed by atoms with Crippen molar-refractivity contribution in [3.63, 3.8) is 0 Å². The first kappa shape index (κ1) is 24.3. The zero-order valence-electron chi connectivity index (χ0n) is 17.6. The molecule has 2 aromatic rings. The van der Waals surface area contributed by atoms with Crippen LogP contribution in [0.4, 0.5) is 0 Å². The Bertz CT molecular complexity index is 864. The lowest BCUT2D eigenvalue weighted by atomic mass is 9.99. The number of aliphatic hydroxyl groups is 4. The van der Waals surface area contributed by atoms with E-state index in [2.05, 4.69) is 4.98 Å². The normalized spacial score (nSPS) is 25.6. The number of pyridine rings is 1. The molecule has 1 saturated heterocycles. The van der Waals surface area contributed by atoms with Crippen molar-refractivity contribution in [3.05, 3.63) is 36.5 Å². The van der Waals surface area contributed by atoms with Gasteiger partial charge in [0.15, 0.2) is 6.29 Å². The van der Waals surface area contributed by atoms with Gasteiger partial charge in [0, 0.05) is 17.6 Å². The lowest BCUT2D eigenvalue weighted by Gasteiger charge is -2.39. The average Bonchev–Trinajstić information content (AvgIpc) is 2.80. The first-order valence-corrected chi connectivity index (χ1v) is 10.5. The van der Waals surface area contributed by atoms with E-state index < -0.39 is 49.9 Å². The Morgan fingerprint density at radius 2 is 1.88 bits per heavy atom. The highest BCUT2D eigenvalue weighted by molar-refractivity contribution is 5.79. The van der Waals surface area contributed by atoms with Crippen molar-refractivity contribution >= 4 is 16.9 Å². The van der Waals surface area contributed by atoms with Crippen LogP contribution in [0.15, 0.2) is 36.5 Å². The van der Waals surface area contributed by atoms with Gasteiger partial charge in [0.25, 0.3) is 0 Å². The van der Waals surface area contributed by atoms with Gasteiger partial charge in [0.1, 0.15) is 36.8 Å². The van der Waals surface area contributed by atoms with Gasteiger partial charge in [-0.1, -0.05) is 6.07 Å². The number of hydrogen-bond donors (Lipinski definition) is 4. The fourth-order valence-electron chi connectivity index (χ4n) is 3.36. The third-order valence-electron chi connectivity index (χ3n) is 5.13. The third-order valence-corrected chi connectivity index (χ3v) is 5.13. The molecule has 0 aliphatic carbocycles. The van der Waals surface area contributed by atoms with Gasteiger partial charge in [-0.05, 0) is 37.5 Å². The lowest BCUT2D eigenvalue weighted by molar-refractivity contribution is -0.294. The molecule has 1 unspecified atom stereocenters. The van der Waals surface area contributed by atoms with E-state index in [1.165, 1.54) is 0 Å². The highest BCUT2D eigenvalue weighted by Gasteiger charge is 2.44. The summed E-state index contributed by atoms with van der Waals surface area (Å²) in [4.78, 5) is 16.1. The minimum Gasteiger partial charge on any atom is -0.494 e. The van der Waals surface area contributed by atoms with Gasteiger partial charge in [-0.25, -0.2) is 4.79 Å². The first-order chi connectivity index (χ1) is 15.5. The number of esters is 1. The zero-order chi connectivity index (χ0) is 22.9. The van der Waals surface area contributed by atoms with Crippen molar-refractivity contribution in [3.8, 4) is 5.75 Å². The van der Waals surface area contributed by atoms with Crippen LogP contribution in [-0.2, 0) is 19.0 Å². The third kappa shape index (κ3) is 6.58. The molecule has 0 spiro atoms. The molecule has 176 valence electrons. The number of aromatic nitrogens is 1. The number of ether oxygens (including phenoxy) is 4. The van der Waals surface area contributed by atoms with E-state index in [1.54, 1.807) is 6.20 Å². The van der Waals surface area contributed by atoms with E-state index in [0.29, 0.717) is 13.0 Å². The average molecular weight is 451 g/mol. The quantitative estimate of drug-likeness (QED) is 0.275. The fourth-order valence-corrected chi connectivity index (χ4v) is 3.36. The predicted molar refractivity (Wildman–Crippen MR) is 112 cm³/mol. The minimum atomic E-state index is -1.63. The smallest absolute Gasteiger partial charge is 0.332 e. The molecule has 3 rings (SSSR count). The molecule has 2 heterocycles. The van der Waals surface area contributed by atoms with Crippen LogP contribution in [0.3, 0.4) is 0 Å². The number of fused-ring (bicyclic) bond motifs is 1. The lowest BCUT2D eigenvalue weighted by Crippen LogP contribution is -2.59. The molecule has 1 aliphatic rings. The maximum atomic E-state index is 11.8. The highest BCUT2D eigenvalue weighted by atomic mass is 16.6. The number of benzene rings is 1. The van der Waals surface area contributed by atoms with Crippen LogP contribution < -0.4 is 4.74 Å². The van der Waals surface area contributed by atoms with Gasteiger partial charge >= 0.3 is 5.97 Å². The fraction of sp³-hybridized carbons (Fsp3) is 0.545. The van der Waals surface area contributed by atoms with Crippen LogP contribution >= 0.6 is 0 Å². The Hall–Kier alpha value is -2.34. The summed E-state index contributed by atoms with van der Waals surface area (Å²) in [6.07, 6.45) is -3.04. The van der Waals surface area contributed by atoms with E-state index in [1.807, 2.05) is 30.3 Å². The van der Waals surface area contributed by atoms with Crippen molar-refractivity contribution in [2.75, 3.05) is 26.4 Å². The summed E-state index contributed by atoms with van der Waals surface area (Å²) in [6, 6.07) is 9.63. The minimum absolute atomic E-state index is 0.197. The summed E-state index contributed by atoms with van der Waals surface area (Å²) in [5.41, 5.74) is 0.876. The molecule has 0 radical (unpaired) electrons. The van der Waals surface area contributed by atoms with Crippen molar-refractivity contribution in [2.24, 2.45) is 0 Å². The van der Waals surface area contributed by atoms with Crippen LogP contribution in [0.5, 0.6) is 5.75 Å². The van der Waals surface area contributed by atoms with Crippen LogP contribution in [-0.4, -0.2) is 88.5 Å². The van der Waals surface area contributed by atoms with Gasteiger partial charge in [-0.15, -0.1) is 0 Å². The van der Waals surface area contributed by atoms with E-state index >= 15 is 0 Å². The van der Waals surface area contributed by atoms with Crippen molar-refractivity contribution < 1.29 is 44.2 Å². The number of unbranched alkanes of at least 4 members (excludes halogenated alkanes) is 2. The SMILES string of the molecule is O=C(CO[C@H]1[C@H](O)[C@@H](CO)OC(O)[C@@H]1O)OCCCCCOc1ccc2cccnc2c1. The molecule has 10 nitrogen and oxygen atoms in total. The van der Waals surface area contributed by atoms with Crippen molar-refractivity contribution in [1.29, 1.82) is 0 Å².